The molecule has 0 spiro atoms. The number of hydrogen-bond donors (Lipinski definition) is 0. The molecule has 0 saturated carbocycles. The van der Waals surface area contributed by atoms with Crippen LogP contribution in [0.3, 0.4) is 0 Å². The number of aromatic nitrogens is 2. The van der Waals surface area contributed by atoms with E-state index in [0.29, 0.717) is 0 Å². The summed E-state index contributed by atoms with van der Waals surface area (Å²) in [5.74, 6) is 0. The molecule has 5 heteroatoms. The van der Waals surface area contributed by atoms with E-state index in [1.807, 2.05) is 6.07 Å². The maximum atomic E-state index is 6.79. The van der Waals surface area contributed by atoms with Gasteiger partial charge in [-0.15, -0.1) is 0 Å². The number of furan rings is 1. The van der Waals surface area contributed by atoms with Gasteiger partial charge in [0.05, 0.1) is 45.0 Å². The van der Waals surface area contributed by atoms with Crippen LogP contribution < -0.4 is 9.80 Å². The largest absolute Gasteiger partial charge is 0.454 e. The molecule has 3 aromatic heterocycles. The Morgan fingerprint density at radius 2 is 0.939 bits per heavy atom. The van der Waals surface area contributed by atoms with E-state index in [-0.39, 0.29) is 0 Å². The van der Waals surface area contributed by atoms with Crippen LogP contribution in [0.15, 0.2) is 223 Å². The summed E-state index contributed by atoms with van der Waals surface area (Å²) in [6.07, 6.45) is 0. The van der Waals surface area contributed by atoms with Crippen LogP contribution in [0.25, 0.3) is 104 Å². The first-order valence-corrected chi connectivity index (χ1v) is 22.5. The van der Waals surface area contributed by atoms with Crippen LogP contribution >= 0.6 is 0 Å². The number of nitrogens with zero attached hydrogens (tertiary/aromatic N) is 4. The summed E-state index contributed by atoms with van der Waals surface area (Å²) in [7, 11) is 0. The Balaban J connectivity index is 1.04. The minimum Gasteiger partial charge on any atom is -0.454 e. The monoisotopic (exact) mass is 840 g/mol. The van der Waals surface area contributed by atoms with E-state index in [1.165, 1.54) is 54.2 Å². The lowest BCUT2D eigenvalue weighted by molar-refractivity contribution is 0.669. The third kappa shape index (κ3) is 4.80. The summed E-state index contributed by atoms with van der Waals surface area (Å²) in [6.45, 7) is 0. The average Bonchev–Trinajstić information content (AvgIpc) is 3.97. The van der Waals surface area contributed by atoms with E-state index in [2.05, 4.69) is 227 Å². The average molecular weight is 841 g/mol. The number of rotatable bonds is 3. The zero-order valence-corrected chi connectivity index (χ0v) is 35.5. The second-order valence-electron chi connectivity index (χ2n) is 17.4. The molecule has 306 valence electrons. The van der Waals surface area contributed by atoms with Crippen molar-refractivity contribution in [2.45, 2.75) is 0 Å². The summed E-state index contributed by atoms with van der Waals surface area (Å²) in [4.78, 5) is 10.0. The molecule has 0 bridgehead atoms. The minimum atomic E-state index is 0.864. The van der Waals surface area contributed by atoms with Crippen molar-refractivity contribution in [1.29, 1.82) is 0 Å². The van der Waals surface area contributed by atoms with Crippen molar-refractivity contribution < 1.29 is 4.42 Å². The highest BCUT2D eigenvalue weighted by Crippen LogP contribution is 2.57. The van der Waals surface area contributed by atoms with Crippen molar-refractivity contribution in [3.05, 3.63) is 218 Å². The molecule has 0 radical (unpaired) electrons. The molecule has 1 aliphatic heterocycles. The maximum absolute atomic E-state index is 6.79. The highest BCUT2D eigenvalue weighted by molar-refractivity contribution is 6.30. The quantitative estimate of drug-likeness (QED) is 0.166. The first kappa shape index (κ1) is 35.5. The van der Waals surface area contributed by atoms with Crippen LogP contribution in [0.2, 0.25) is 0 Å². The van der Waals surface area contributed by atoms with E-state index < -0.39 is 0 Å². The predicted molar refractivity (Wildman–Crippen MR) is 276 cm³/mol. The Kier molecular flexibility index (Phi) is 7.16. The summed E-state index contributed by atoms with van der Waals surface area (Å²) >= 11 is 0. The van der Waals surface area contributed by atoms with Crippen LogP contribution in [-0.2, 0) is 0 Å². The van der Waals surface area contributed by atoms with Crippen molar-refractivity contribution in [3.8, 4) is 11.1 Å². The molecule has 5 nitrogen and oxygen atoms in total. The lowest BCUT2D eigenvalue weighted by Crippen LogP contribution is -2.24. The number of para-hydroxylation sites is 8. The number of fused-ring (bicyclic) bond motifs is 19. The van der Waals surface area contributed by atoms with Crippen LogP contribution in [0.1, 0.15) is 0 Å². The van der Waals surface area contributed by atoms with Crippen molar-refractivity contribution in [2.75, 3.05) is 9.80 Å². The number of imidazole rings is 1. The Morgan fingerprint density at radius 3 is 1.80 bits per heavy atom. The fourth-order valence-corrected chi connectivity index (χ4v) is 11.2. The first-order valence-electron chi connectivity index (χ1n) is 22.5. The highest BCUT2D eigenvalue weighted by atomic mass is 16.3. The van der Waals surface area contributed by atoms with Gasteiger partial charge in [0.15, 0.2) is 5.58 Å². The molecular formula is C61H36N4O. The van der Waals surface area contributed by atoms with Crippen molar-refractivity contribution in [3.63, 3.8) is 0 Å². The molecule has 0 unspecified atom stereocenters. The summed E-state index contributed by atoms with van der Waals surface area (Å²) in [5.41, 5.74) is 14.8. The molecule has 0 fully saturated rings. The van der Waals surface area contributed by atoms with Gasteiger partial charge in [0, 0.05) is 27.2 Å². The van der Waals surface area contributed by atoms with E-state index in [0.717, 1.165) is 83.6 Å². The second kappa shape index (κ2) is 13.3. The van der Waals surface area contributed by atoms with Crippen LogP contribution in [0, 0.1) is 0 Å². The molecule has 0 saturated heterocycles. The van der Waals surface area contributed by atoms with Crippen LogP contribution in [0.5, 0.6) is 0 Å². The molecule has 14 aromatic rings. The third-order valence-electron chi connectivity index (χ3n) is 14.0. The fraction of sp³-hybridized carbons (Fsp3) is 0. The molecule has 11 aromatic carbocycles. The summed E-state index contributed by atoms with van der Waals surface area (Å²) in [6, 6.07) is 79.2. The van der Waals surface area contributed by atoms with Gasteiger partial charge in [-0.25, -0.2) is 4.98 Å². The van der Waals surface area contributed by atoms with Gasteiger partial charge < -0.3 is 14.2 Å². The molecule has 1 aliphatic rings. The number of anilines is 6. The fourth-order valence-electron chi connectivity index (χ4n) is 11.2. The SMILES string of the molecule is c1ccc(N2c3ccccc3N(c3cccc4c3oc3ccccc34)c3cc4c(cc32)c2ccccc2c2c(-c3ccc5c(c3)c3ccccc3n3c6ccccc6nc53)cccc42)cc1. The summed E-state index contributed by atoms with van der Waals surface area (Å²) in [5, 5.41) is 13.0. The second-order valence-corrected chi connectivity index (χ2v) is 17.4. The van der Waals surface area contributed by atoms with E-state index >= 15 is 0 Å². The van der Waals surface area contributed by atoms with Gasteiger partial charge in [-0.3, -0.25) is 4.40 Å². The van der Waals surface area contributed by atoms with Crippen molar-refractivity contribution in [1.82, 2.24) is 9.38 Å². The zero-order chi connectivity index (χ0) is 43.0. The Bertz CT molecular complexity index is 4370. The van der Waals surface area contributed by atoms with Gasteiger partial charge in [-0.1, -0.05) is 140 Å². The van der Waals surface area contributed by atoms with E-state index in [4.69, 9.17) is 9.40 Å². The van der Waals surface area contributed by atoms with Gasteiger partial charge in [0.25, 0.3) is 0 Å². The van der Waals surface area contributed by atoms with Gasteiger partial charge >= 0.3 is 0 Å². The molecule has 0 N–H and O–H groups in total. The molecule has 4 heterocycles. The molecule has 0 atom stereocenters. The molecular weight excluding hydrogens is 805 g/mol. The third-order valence-corrected chi connectivity index (χ3v) is 14.0. The highest BCUT2D eigenvalue weighted by Gasteiger charge is 2.33. The maximum Gasteiger partial charge on any atom is 0.159 e. The topological polar surface area (TPSA) is 36.9 Å². The van der Waals surface area contributed by atoms with Crippen LogP contribution in [0.4, 0.5) is 34.1 Å². The lowest BCUT2D eigenvalue weighted by Gasteiger charge is -2.40. The van der Waals surface area contributed by atoms with Gasteiger partial charge in [0.2, 0.25) is 0 Å². The van der Waals surface area contributed by atoms with E-state index in [1.54, 1.807) is 0 Å². The molecule has 15 rings (SSSR count). The lowest BCUT2D eigenvalue weighted by atomic mass is 9.88. The minimum absolute atomic E-state index is 0.864. The van der Waals surface area contributed by atoms with Gasteiger partial charge in [-0.05, 0) is 128 Å². The van der Waals surface area contributed by atoms with Crippen LogP contribution in [-0.4, -0.2) is 9.38 Å². The number of pyridine rings is 1. The number of hydrogen-bond acceptors (Lipinski definition) is 4. The molecule has 66 heavy (non-hydrogen) atoms. The Labute approximate surface area is 378 Å². The Morgan fingerprint density at radius 1 is 0.348 bits per heavy atom. The Hall–Kier alpha value is -8.93. The zero-order valence-electron chi connectivity index (χ0n) is 35.5. The van der Waals surface area contributed by atoms with Crippen molar-refractivity contribution >= 4 is 127 Å². The molecule has 0 amide bonds. The van der Waals surface area contributed by atoms with E-state index in [9.17, 15) is 0 Å². The molecule has 0 aliphatic carbocycles. The standard InChI is InChI=1S/C61H36N4O/c1-2-16-38(17-3-1)63-53-28-11-12-29-54(53)64(55-30-15-24-45-42-20-7-13-31-58(42)66-60(45)55)57-36-49-44-23-14-22-39(59(44)43-21-5-4-18-40(43)48(49)35-56(57)63)37-32-33-46-47(34-37)41-19-6-9-26-51(41)65-52-27-10-8-25-50(52)62-61(46)65/h1-36H. The normalized spacial score (nSPS) is 12.8. The first-order chi connectivity index (χ1) is 32.8. The smallest absolute Gasteiger partial charge is 0.159 e. The summed E-state index contributed by atoms with van der Waals surface area (Å²) < 4.78 is 9.11. The predicted octanol–water partition coefficient (Wildman–Crippen LogP) is 17.1. The van der Waals surface area contributed by atoms with Gasteiger partial charge in [0.1, 0.15) is 11.2 Å². The van der Waals surface area contributed by atoms with Gasteiger partial charge in [-0.2, -0.15) is 0 Å². The number of benzene rings is 11. The van der Waals surface area contributed by atoms with Crippen molar-refractivity contribution in [2.24, 2.45) is 0 Å².